The fourth-order valence-corrected chi connectivity index (χ4v) is 1.22. The average Bonchev–Trinajstić information content (AvgIpc) is 2.27. The van der Waals surface area contributed by atoms with Gasteiger partial charge in [-0.15, -0.1) is 0 Å². The number of nitrogens with zero attached hydrogens (tertiary/aromatic N) is 3. The minimum absolute atomic E-state index is 0.0785. The first-order chi connectivity index (χ1) is 7.77. The van der Waals surface area contributed by atoms with Gasteiger partial charge in [0, 0.05) is 7.05 Å². The Hall–Kier alpha value is -1.89. The van der Waals surface area contributed by atoms with Crippen molar-refractivity contribution in [3.63, 3.8) is 0 Å². The molecule has 0 saturated carbocycles. The van der Waals surface area contributed by atoms with Gasteiger partial charge in [-0.2, -0.15) is 0 Å². The number of nitro groups is 1. The molecule has 17 heavy (non-hydrogen) atoms. The highest BCUT2D eigenvalue weighted by atomic mass is 16.6. The van der Waals surface area contributed by atoms with Crippen molar-refractivity contribution in [3.8, 4) is 0 Å². The summed E-state index contributed by atoms with van der Waals surface area (Å²) in [6, 6.07) is 2.52. The number of aliphatic hydroxyl groups is 1. The van der Waals surface area contributed by atoms with Crippen LogP contribution < -0.4 is 10.6 Å². The number of rotatable bonds is 4. The maximum atomic E-state index is 10.7. The summed E-state index contributed by atoms with van der Waals surface area (Å²) in [6.45, 7) is 3.49. The summed E-state index contributed by atoms with van der Waals surface area (Å²) in [4.78, 5) is 15.8. The number of likely N-dealkylation sites (N-methyl/N-ethyl adjacent to an activating group) is 1. The molecule has 0 aliphatic rings. The molecule has 3 N–H and O–H groups in total. The van der Waals surface area contributed by atoms with Crippen LogP contribution in [0.25, 0.3) is 0 Å². The summed E-state index contributed by atoms with van der Waals surface area (Å²) >= 11 is 0. The fourth-order valence-electron chi connectivity index (χ4n) is 1.22. The molecule has 94 valence electrons. The van der Waals surface area contributed by atoms with Gasteiger partial charge in [0.05, 0.1) is 29.2 Å². The third-order valence-corrected chi connectivity index (χ3v) is 2.67. The molecule has 0 bridgehead atoms. The minimum Gasteiger partial charge on any atom is -0.394 e. The van der Waals surface area contributed by atoms with Crippen molar-refractivity contribution < 1.29 is 10.0 Å². The van der Waals surface area contributed by atoms with Gasteiger partial charge in [-0.25, -0.2) is 4.98 Å². The van der Waals surface area contributed by atoms with Gasteiger partial charge in [-0.1, -0.05) is 0 Å². The van der Waals surface area contributed by atoms with E-state index >= 15 is 0 Å². The molecule has 7 nitrogen and oxygen atoms in total. The lowest BCUT2D eigenvalue weighted by molar-refractivity contribution is -0.384. The zero-order valence-corrected chi connectivity index (χ0v) is 10.0. The summed E-state index contributed by atoms with van der Waals surface area (Å²) in [5.74, 6) is 0.436. The Morgan fingerprint density at radius 3 is 2.65 bits per heavy atom. The van der Waals surface area contributed by atoms with E-state index in [2.05, 4.69) is 4.98 Å². The summed E-state index contributed by atoms with van der Waals surface area (Å²) in [5, 5.41) is 19.9. The lowest BCUT2D eigenvalue weighted by atomic mass is 10.1. The standard InChI is InChI=1S/C10H16N4O3/c1-10(2,6-15)13(3)9-5-7(14(16)17)4-8(11)12-9/h4-5,15H,6H2,1-3H3,(H2,11,12). The Balaban J connectivity index is 3.18. The van der Waals surface area contributed by atoms with Gasteiger partial charge >= 0.3 is 0 Å². The van der Waals surface area contributed by atoms with E-state index in [9.17, 15) is 15.2 Å². The summed E-state index contributed by atoms with van der Waals surface area (Å²) in [5.41, 5.74) is 4.82. The largest absolute Gasteiger partial charge is 0.394 e. The molecule has 0 spiro atoms. The highest BCUT2D eigenvalue weighted by Gasteiger charge is 2.25. The molecule has 0 radical (unpaired) electrons. The first-order valence-electron chi connectivity index (χ1n) is 5.04. The Morgan fingerprint density at radius 2 is 2.18 bits per heavy atom. The molecule has 0 aromatic carbocycles. The van der Waals surface area contributed by atoms with Crippen molar-refractivity contribution in [1.82, 2.24) is 4.98 Å². The highest BCUT2D eigenvalue weighted by molar-refractivity contribution is 5.54. The third-order valence-electron chi connectivity index (χ3n) is 2.67. The maximum absolute atomic E-state index is 10.7. The van der Waals surface area contributed by atoms with Crippen molar-refractivity contribution in [1.29, 1.82) is 0 Å². The van der Waals surface area contributed by atoms with Crippen LogP contribution in [0.15, 0.2) is 12.1 Å². The first kappa shape index (κ1) is 13.2. The Kier molecular flexibility index (Phi) is 3.52. The van der Waals surface area contributed by atoms with Crippen LogP contribution in [0.1, 0.15) is 13.8 Å². The first-order valence-corrected chi connectivity index (χ1v) is 5.04. The number of pyridine rings is 1. The third kappa shape index (κ3) is 2.82. The van der Waals surface area contributed by atoms with E-state index in [4.69, 9.17) is 5.73 Å². The summed E-state index contributed by atoms with van der Waals surface area (Å²) < 4.78 is 0. The Morgan fingerprint density at radius 1 is 1.59 bits per heavy atom. The van der Waals surface area contributed by atoms with Gasteiger partial charge < -0.3 is 15.7 Å². The average molecular weight is 240 g/mol. The molecule has 1 aromatic heterocycles. The minimum atomic E-state index is -0.575. The van der Waals surface area contributed by atoms with Crippen LogP contribution in [-0.2, 0) is 0 Å². The van der Waals surface area contributed by atoms with Crippen LogP contribution in [0.2, 0.25) is 0 Å². The molecule has 0 fully saturated rings. The molecular formula is C10H16N4O3. The van der Waals surface area contributed by atoms with Gasteiger partial charge in [-0.05, 0) is 13.8 Å². The number of aromatic nitrogens is 1. The zero-order chi connectivity index (χ0) is 13.2. The second-order valence-electron chi connectivity index (χ2n) is 4.40. The molecule has 1 aromatic rings. The lowest BCUT2D eigenvalue weighted by Crippen LogP contribution is -2.44. The zero-order valence-electron chi connectivity index (χ0n) is 10.0. The van der Waals surface area contributed by atoms with E-state index in [1.165, 1.54) is 12.1 Å². The quantitative estimate of drug-likeness (QED) is 0.595. The van der Waals surface area contributed by atoms with Crippen LogP contribution in [0.5, 0.6) is 0 Å². The second kappa shape index (κ2) is 4.54. The van der Waals surface area contributed by atoms with Crippen molar-refractivity contribution in [2.24, 2.45) is 0 Å². The maximum Gasteiger partial charge on any atom is 0.276 e. The molecule has 1 rings (SSSR count). The predicted molar refractivity (Wildman–Crippen MR) is 64.9 cm³/mol. The van der Waals surface area contributed by atoms with Crippen molar-refractivity contribution in [2.75, 3.05) is 24.3 Å². The van der Waals surface area contributed by atoms with E-state index < -0.39 is 10.5 Å². The van der Waals surface area contributed by atoms with Gasteiger partial charge in [0.15, 0.2) is 0 Å². The van der Waals surface area contributed by atoms with E-state index in [-0.39, 0.29) is 18.1 Å². The van der Waals surface area contributed by atoms with Gasteiger partial charge in [0.2, 0.25) is 0 Å². The van der Waals surface area contributed by atoms with Crippen LogP contribution >= 0.6 is 0 Å². The fraction of sp³-hybridized carbons (Fsp3) is 0.500. The van der Waals surface area contributed by atoms with Crippen molar-refractivity contribution >= 4 is 17.3 Å². The monoisotopic (exact) mass is 240 g/mol. The number of anilines is 2. The lowest BCUT2D eigenvalue weighted by Gasteiger charge is -2.34. The SMILES string of the molecule is CN(c1cc([N+](=O)[O-])cc(N)n1)C(C)(C)CO. The van der Waals surface area contributed by atoms with Gasteiger partial charge in [0.25, 0.3) is 5.69 Å². The molecule has 0 saturated heterocycles. The van der Waals surface area contributed by atoms with E-state index in [0.29, 0.717) is 5.82 Å². The van der Waals surface area contributed by atoms with Gasteiger partial charge in [-0.3, -0.25) is 10.1 Å². The Bertz CT molecular complexity index is 434. The van der Waals surface area contributed by atoms with Crippen LogP contribution in [0.4, 0.5) is 17.3 Å². The number of aliphatic hydroxyl groups excluding tert-OH is 1. The molecule has 0 aliphatic carbocycles. The molecule has 0 unspecified atom stereocenters. The second-order valence-corrected chi connectivity index (χ2v) is 4.40. The van der Waals surface area contributed by atoms with Gasteiger partial charge in [0.1, 0.15) is 11.6 Å². The molecular weight excluding hydrogens is 224 g/mol. The van der Waals surface area contributed by atoms with Crippen molar-refractivity contribution in [3.05, 3.63) is 22.2 Å². The summed E-state index contributed by atoms with van der Waals surface area (Å²) in [6.07, 6.45) is 0. The molecule has 0 amide bonds. The number of hydrogen-bond donors (Lipinski definition) is 2. The molecule has 0 aliphatic heterocycles. The normalized spacial score (nSPS) is 11.3. The van der Waals surface area contributed by atoms with Crippen LogP contribution in [0.3, 0.4) is 0 Å². The van der Waals surface area contributed by atoms with E-state index in [0.717, 1.165) is 0 Å². The van der Waals surface area contributed by atoms with E-state index in [1.54, 1.807) is 25.8 Å². The smallest absolute Gasteiger partial charge is 0.276 e. The number of nitrogen functional groups attached to an aromatic ring is 1. The number of hydrogen-bond acceptors (Lipinski definition) is 6. The number of nitrogens with two attached hydrogens (primary N) is 1. The van der Waals surface area contributed by atoms with E-state index in [1.807, 2.05) is 0 Å². The topological polar surface area (TPSA) is 106 Å². The van der Waals surface area contributed by atoms with Crippen molar-refractivity contribution in [2.45, 2.75) is 19.4 Å². The highest BCUT2D eigenvalue weighted by Crippen LogP contribution is 2.25. The van der Waals surface area contributed by atoms with Crippen LogP contribution in [-0.4, -0.2) is 34.2 Å². The molecule has 7 heteroatoms. The molecule has 0 atom stereocenters. The van der Waals surface area contributed by atoms with Crippen LogP contribution in [0, 0.1) is 10.1 Å². The Labute approximate surface area is 99.0 Å². The predicted octanol–water partition coefficient (Wildman–Crippen LogP) is 0.779. The molecule has 1 heterocycles. The summed E-state index contributed by atoms with van der Waals surface area (Å²) in [7, 11) is 1.70.